The van der Waals surface area contributed by atoms with Crippen LogP contribution in [-0.2, 0) is 11.3 Å². The van der Waals surface area contributed by atoms with Crippen molar-refractivity contribution in [1.29, 1.82) is 5.26 Å². The number of hydrogen-bond acceptors (Lipinski definition) is 6. The van der Waals surface area contributed by atoms with Crippen molar-refractivity contribution in [2.75, 3.05) is 23.8 Å². The lowest BCUT2D eigenvalue weighted by molar-refractivity contribution is -0.117. The first-order valence-corrected chi connectivity index (χ1v) is 8.48. The van der Waals surface area contributed by atoms with Crippen LogP contribution in [0.4, 0.5) is 11.5 Å². The van der Waals surface area contributed by atoms with Gasteiger partial charge in [-0.1, -0.05) is 6.92 Å². The number of fused-ring (bicyclic) bond motifs is 1. The zero-order chi connectivity index (χ0) is 19.4. The number of nitrogens with zero attached hydrogens (tertiary/aromatic N) is 6. The first-order chi connectivity index (χ1) is 13.0. The van der Waals surface area contributed by atoms with Gasteiger partial charge in [0, 0.05) is 31.7 Å². The lowest BCUT2D eigenvalue weighted by Crippen LogP contribution is -2.28. The molecule has 9 heteroatoms. The number of carbonyl (C=O) groups excluding carboxylic acids is 1. The smallest absolute Gasteiger partial charge is 0.350 e. The summed E-state index contributed by atoms with van der Waals surface area (Å²) in [4.78, 5) is 31.0. The highest BCUT2D eigenvalue weighted by Gasteiger charge is 2.16. The first kappa shape index (κ1) is 18.1. The lowest BCUT2D eigenvalue weighted by Gasteiger charge is -2.16. The van der Waals surface area contributed by atoms with Gasteiger partial charge in [0.25, 0.3) is 0 Å². The maximum Gasteiger partial charge on any atom is 0.350 e. The van der Waals surface area contributed by atoms with E-state index in [2.05, 4.69) is 22.3 Å². The Bertz CT molecular complexity index is 1060. The molecule has 0 aliphatic heterocycles. The molecule has 0 saturated heterocycles. The molecule has 0 fully saturated rings. The van der Waals surface area contributed by atoms with Crippen molar-refractivity contribution in [3.8, 4) is 6.07 Å². The second-order valence-corrected chi connectivity index (χ2v) is 6.04. The number of rotatable bonds is 6. The van der Waals surface area contributed by atoms with Crippen molar-refractivity contribution in [2.24, 2.45) is 0 Å². The maximum absolute atomic E-state index is 12.5. The van der Waals surface area contributed by atoms with Crippen LogP contribution >= 0.6 is 0 Å². The van der Waals surface area contributed by atoms with Gasteiger partial charge in [0.2, 0.25) is 11.6 Å². The molecule has 3 rings (SSSR count). The Labute approximate surface area is 155 Å². The van der Waals surface area contributed by atoms with Crippen molar-refractivity contribution < 1.29 is 4.79 Å². The Balaban J connectivity index is 1.83. The molecular weight excluding hydrogens is 346 g/mol. The number of nitriles is 1. The number of amides is 1. The number of anilines is 2. The highest BCUT2D eigenvalue weighted by atomic mass is 16.2. The molecule has 2 aromatic heterocycles. The molecule has 0 unspecified atom stereocenters. The Kier molecular flexibility index (Phi) is 5.17. The van der Waals surface area contributed by atoms with Gasteiger partial charge in [0.1, 0.15) is 6.54 Å². The van der Waals surface area contributed by atoms with Crippen LogP contribution in [0.3, 0.4) is 0 Å². The topological polar surface area (TPSA) is 108 Å². The first-order valence-electron chi connectivity index (χ1n) is 8.48. The van der Waals surface area contributed by atoms with E-state index in [0.29, 0.717) is 22.7 Å². The molecule has 2 heterocycles. The van der Waals surface area contributed by atoms with E-state index < -0.39 is 5.69 Å². The molecule has 9 nitrogen and oxygen atoms in total. The molecule has 0 bridgehead atoms. The lowest BCUT2D eigenvalue weighted by atomic mass is 10.2. The van der Waals surface area contributed by atoms with Gasteiger partial charge in [-0.05, 0) is 30.7 Å². The molecule has 0 saturated carbocycles. The average Bonchev–Trinajstić information content (AvgIpc) is 2.98. The maximum atomic E-state index is 12.5. The monoisotopic (exact) mass is 365 g/mol. The fourth-order valence-corrected chi connectivity index (χ4v) is 2.71. The fourth-order valence-electron chi connectivity index (χ4n) is 2.71. The van der Waals surface area contributed by atoms with Crippen LogP contribution in [0, 0.1) is 11.3 Å². The zero-order valence-electron chi connectivity index (χ0n) is 15.1. The molecule has 1 N–H and O–H groups in total. The molecule has 0 spiro atoms. The summed E-state index contributed by atoms with van der Waals surface area (Å²) < 4.78 is 2.49. The van der Waals surface area contributed by atoms with E-state index in [9.17, 15) is 9.59 Å². The van der Waals surface area contributed by atoms with Crippen molar-refractivity contribution in [3.05, 3.63) is 52.7 Å². The summed E-state index contributed by atoms with van der Waals surface area (Å²) in [5.74, 6) is 0.198. The largest absolute Gasteiger partial charge is 0.357 e. The van der Waals surface area contributed by atoms with Crippen molar-refractivity contribution >= 4 is 23.1 Å². The molecule has 0 radical (unpaired) electrons. The predicted molar refractivity (Wildman–Crippen MR) is 101 cm³/mol. The summed E-state index contributed by atoms with van der Waals surface area (Å²) in [5.41, 5.74) is 1.04. The number of carbonyl (C=O) groups is 1. The van der Waals surface area contributed by atoms with E-state index in [1.165, 1.54) is 10.6 Å². The van der Waals surface area contributed by atoms with E-state index in [0.717, 1.165) is 17.6 Å². The Morgan fingerprint density at radius 2 is 2.07 bits per heavy atom. The third-order valence-corrected chi connectivity index (χ3v) is 3.99. The molecule has 0 aliphatic carbocycles. The highest BCUT2D eigenvalue weighted by Crippen LogP contribution is 2.14. The summed E-state index contributed by atoms with van der Waals surface area (Å²) in [6.45, 7) is 2.60. The minimum absolute atomic E-state index is 0.225. The number of aromatic nitrogens is 4. The van der Waals surface area contributed by atoms with Crippen LogP contribution in [0.2, 0.25) is 0 Å². The molecule has 0 atom stereocenters. The van der Waals surface area contributed by atoms with E-state index in [-0.39, 0.29) is 12.5 Å². The van der Waals surface area contributed by atoms with E-state index in [4.69, 9.17) is 5.26 Å². The molecular formula is C18H19N7O2. The number of nitrogens with one attached hydrogen (secondary N) is 1. The average molecular weight is 365 g/mol. The fraction of sp³-hybridized carbons (Fsp3) is 0.278. The summed E-state index contributed by atoms with van der Waals surface area (Å²) in [6, 6.07) is 8.48. The molecule has 0 aliphatic rings. The van der Waals surface area contributed by atoms with Crippen LogP contribution in [0.1, 0.15) is 18.9 Å². The molecule has 138 valence electrons. The zero-order valence-corrected chi connectivity index (χ0v) is 15.1. The number of benzene rings is 1. The van der Waals surface area contributed by atoms with Crippen LogP contribution in [0.5, 0.6) is 0 Å². The van der Waals surface area contributed by atoms with Crippen LogP contribution in [0.25, 0.3) is 5.65 Å². The van der Waals surface area contributed by atoms with E-state index in [1.54, 1.807) is 30.5 Å². The molecule has 27 heavy (non-hydrogen) atoms. The standard InChI is InChI=1S/C18H19N7O2/c1-3-9-23(2)16-17-22-25(18(27)24(17)10-8-20-16)12-15(26)21-14-6-4-13(11-19)5-7-14/h4-8,10H,3,9,12H2,1-2H3,(H,21,26). The van der Waals surface area contributed by atoms with E-state index >= 15 is 0 Å². The molecule has 1 aromatic carbocycles. The predicted octanol–water partition coefficient (Wildman–Crippen LogP) is 1.25. The second-order valence-electron chi connectivity index (χ2n) is 6.04. The van der Waals surface area contributed by atoms with Gasteiger partial charge in [-0.3, -0.25) is 4.79 Å². The Morgan fingerprint density at radius 3 is 2.74 bits per heavy atom. The summed E-state index contributed by atoms with van der Waals surface area (Å²) in [7, 11) is 1.88. The normalized spacial score (nSPS) is 10.6. The second kappa shape index (κ2) is 7.70. The minimum atomic E-state index is -0.409. The minimum Gasteiger partial charge on any atom is -0.357 e. The number of hydrogen-bond donors (Lipinski definition) is 1. The third-order valence-electron chi connectivity index (χ3n) is 3.99. The third kappa shape index (κ3) is 3.79. The summed E-state index contributed by atoms with van der Waals surface area (Å²) >= 11 is 0. The van der Waals surface area contributed by atoms with Crippen LogP contribution in [0.15, 0.2) is 41.5 Å². The van der Waals surface area contributed by atoms with Gasteiger partial charge in [-0.15, -0.1) is 5.10 Å². The Morgan fingerprint density at radius 1 is 1.33 bits per heavy atom. The Hall–Kier alpha value is -3.67. The van der Waals surface area contributed by atoms with Gasteiger partial charge in [-0.25, -0.2) is 18.9 Å². The van der Waals surface area contributed by atoms with Crippen molar-refractivity contribution in [3.63, 3.8) is 0 Å². The highest BCUT2D eigenvalue weighted by molar-refractivity contribution is 5.90. The van der Waals surface area contributed by atoms with Gasteiger partial charge < -0.3 is 10.2 Å². The van der Waals surface area contributed by atoms with Gasteiger partial charge in [-0.2, -0.15) is 5.26 Å². The van der Waals surface area contributed by atoms with E-state index in [1.807, 2.05) is 18.0 Å². The van der Waals surface area contributed by atoms with Gasteiger partial charge in [0.15, 0.2) is 5.82 Å². The molecule has 1 amide bonds. The van der Waals surface area contributed by atoms with Gasteiger partial charge in [0.05, 0.1) is 11.6 Å². The van der Waals surface area contributed by atoms with Crippen LogP contribution < -0.4 is 15.9 Å². The molecule has 3 aromatic rings. The van der Waals surface area contributed by atoms with Gasteiger partial charge >= 0.3 is 5.69 Å². The quantitative estimate of drug-likeness (QED) is 0.704. The SMILES string of the molecule is CCCN(C)c1nccn2c(=O)n(CC(=O)Nc3ccc(C#N)cc3)nc12. The van der Waals surface area contributed by atoms with Crippen molar-refractivity contribution in [2.45, 2.75) is 19.9 Å². The van der Waals surface area contributed by atoms with Crippen LogP contribution in [-0.4, -0.2) is 38.7 Å². The summed E-state index contributed by atoms with van der Waals surface area (Å²) in [6.07, 6.45) is 4.00. The summed E-state index contributed by atoms with van der Waals surface area (Å²) in [5, 5.41) is 15.8. The van der Waals surface area contributed by atoms with Crippen molar-refractivity contribution in [1.82, 2.24) is 19.2 Å².